The minimum Gasteiger partial charge on any atom is -0.300 e. The first-order chi connectivity index (χ1) is 13.1. The van der Waals surface area contributed by atoms with Crippen LogP contribution >= 0.6 is 0 Å². The van der Waals surface area contributed by atoms with Gasteiger partial charge in [0.1, 0.15) is 6.17 Å². The van der Waals surface area contributed by atoms with E-state index >= 15 is 0 Å². The average Bonchev–Trinajstić information content (AvgIpc) is 3.13. The van der Waals surface area contributed by atoms with Gasteiger partial charge in [-0.25, -0.2) is 4.39 Å². The summed E-state index contributed by atoms with van der Waals surface area (Å²) in [7, 11) is 0. The second kappa shape index (κ2) is 9.06. The molecule has 156 valence electrons. The Kier molecular flexibility index (Phi) is 6.73. The van der Waals surface area contributed by atoms with Crippen molar-refractivity contribution in [2.75, 3.05) is 39.3 Å². The fourth-order valence-corrected chi connectivity index (χ4v) is 6.35. The number of alkyl halides is 1. The summed E-state index contributed by atoms with van der Waals surface area (Å²) in [6, 6.07) is 1.35. The van der Waals surface area contributed by atoms with Crippen LogP contribution < -0.4 is 10.9 Å². The van der Waals surface area contributed by atoms with Crippen molar-refractivity contribution in [3.05, 3.63) is 0 Å². The summed E-state index contributed by atoms with van der Waals surface area (Å²) in [6.07, 6.45) is 7.35. The van der Waals surface area contributed by atoms with Crippen LogP contribution in [0, 0.1) is 23.7 Å². The van der Waals surface area contributed by atoms with Gasteiger partial charge in [0.05, 0.1) is 0 Å². The van der Waals surface area contributed by atoms with Crippen molar-refractivity contribution >= 4 is 0 Å². The Morgan fingerprint density at radius 1 is 0.926 bits per heavy atom. The molecule has 0 bridgehead atoms. The first kappa shape index (κ1) is 20.1. The van der Waals surface area contributed by atoms with Gasteiger partial charge in [-0.05, 0) is 49.9 Å². The Labute approximate surface area is 165 Å². The maximum atomic E-state index is 13.5. The molecule has 0 amide bonds. The Hall–Kier alpha value is -0.230. The largest absolute Gasteiger partial charge is 0.300 e. The molecule has 0 aromatic carbocycles. The standard InChI is InChI=1S/C22H41FN4/c1-16-4-3-5-21(17(16)2)27-12-10-26(11-13-27)15-19-14-24-25-22(19)18-6-8-20(23)9-7-18/h16-22,24-25H,3-15H2,1-2H3. The number of hydrogen-bond acceptors (Lipinski definition) is 4. The maximum Gasteiger partial charge on any atom is 0.100 e. The van der Waals surface area contributed by atoms with Crippen LogP contribution in [0.15, 0.2) is 0 Å². The number of piperazine rings is 1. The zero-order chi connectivity index (χ0) is 18.8. The topological polar surface area (TPSA) is 30.5 Å². The van der Waals surface area contributed by atoms with Crippen molar-refractivity contribution in [1.82, 2.24) is 20.7 Å². The zero-order valence-electron chi connectivity index (χ0n) is 17.5. The summed E-state index contributed by atoms with van der Waals surface area (Å²) >= 11 is 0. The molecule has 2 aliphatic heterocycles. The molecule has 5 heteroatoms. The monoisotopic (exact) mass is 380 g/mol. The number of nitrogens with zero attached hydrogens (tertiary/aromatic N) is 2. The molecule has 4 rings (SSSR count). The first-order valence-electron chi connectivity index (χ1n) is 11.7. The van der Waals surface area contributed by atoms with Crippen molar-refractivity contribution in [2.45, 2.75) is 77.0 Å². The fraction of sp³-hybridized carbons (Fsp3) is 1.00. The van der Waals surface area contributed by atoms with Crippen molar-refractivity contribution < 1.29 is 4.39 Å². The van der Waals surface area contributed by atoms with Gasteiger partial charge in [0.2, 0.25) is 0 Å². The third-order valence-corrected chi connectivity index (χ3v) is 8.38. The minimum atomic E-state index is -0.549. The van der Waals surface area contributed by atoms with E-state index in [9.17, 15) is 4.39 Å². The van der Waals surface area contributed by atoms with Crippen LogP contribution in [0.3, 0.4) is 0 Å². The number of halogens is 1. The molecule has 4 fully saturated rings. The summed E-state index contributed by atoms with van der Waals surface area (Å²) in [5, 5.41) is 0. The van der Waals surface area contributed by atoms with E-state index in [1.54, 1.807) is 0 Å². The molecule has 5 unspecified atom stereocenters. The Balaban J connectivity index is 1.25. The van der Waals surface area contributed by atoms with Gasteiger partial charge in [-0.1, -0.05) is 26.7 Å². The zero-order valence-corrected chi connectivity index (χ0v) is 17.5. The molecule has 27 heavy (non-hydrogen) atoms. The van der Waals surface area contributed by atoms with Gasteiger partial charge in [0.15, 0.2) is 0 Å². The molecule has 0 aromatic heterocycles. The van der Waals surface area contributed by atoms with Crippen LogP contribution in [0.5, 0.6) is 0 Å². The highest BCUT2D eigenvalue weighted by Gasteiger charge is 2.38. The summed E-state index contributed by atoms with van der Waals surface area (Å²) in [6.45, 7) is 12.1. The molecule has 2 saturated heterocycles. The highest BCUT2D eigenvalue weighted by atomic mass is 19.1. The summed E-state index contributed by atoms with van der Waals surface area (Å²) in [5.74, 6) is 3.07. The molecule has 2 heterocycles. The van der Waals surface area contributed by atoms with Gasteiger partial charge < -0.3 is 4.90 Å². The van der Waals surface area contributed by atoms with Crippen LogP contribution in [-0.2, 0) is 0 Å². The van der Waals surface area contributed by atoms with Crippen molar-refractivity contribution in [1.29, 1.82) is 0 Å². The smallest absolute Gasteiger partial charge is 0.100 e. The number of hydrogen-bond donors (Lipinski definition) is 2. The van der Waals surface area contributed by atoms with Crippen molar-refractivity contribution in [2.24, 2.45) is 23.7 Å². The van der Waals surface area contributed by atoms with E-state index in [1.807, 2.05) is 0 Å². The SMILES string of the molecule is CC1CCCC(N2CCN(CC3CNNC3C3CCC(F)CC3)CC2)C1C. The lowest BCUT2D eigenvalue weighted by atomic mass is 9.77. The third-order valence-electron chi connectivity index (χ3n) is 8.38. The van der Waals surface area contributed by atoms with Crippen LogP contribution in [0.4, 0.5) is 4.39 Å². The van der Waals surface area contributed by atoms with E-state index in [1.165, 1.54) is 52.0 Å². The lowest BCUT2D eigenvalue weighted by Crippen LogP contribution is -2.55. The van der Waals surface area contributed by atoms with Crippen LogP contribution in [0.25, 0.3) is 0 Å². The van der Waals surface area contributed by atoms with Gasteiger partial charge in [0.25, 0.3) is 0 Å². The maximum absolute atomic E-state index is 13.5. The molecule has 2 saturated carbocycles. The van der Waals surface area contributed by atoms with Crippen molar-refractivity contribution in [3.8, 4) is 0 Å². The predicted molar refractivity (Wildman–Crippen MR) is 109 cm³/mol. The highest BCUT2D eigenvalue weighted by Crippen LogP contribution is 2.34. The Morgan fingerprint density at radius 3 is 2.41 bits per heavy atom. The third kappa shape index (κ3) is 4.68. The molecule has 0 aromatic rings. The first-order valence-corrected chi connectivity index (χ1v) is 11.7. The molecule has 4 aliphatic rings. The quantitative estimate of drug-likeness (QED) is 0.785. The Bertz CT molecular complexity index is 459. The molecular weight excluding hydrogens is 339 g/mol. The lowest BCUT2D eigenvalue weighted by molar-refractivity contribution is 0.0310. The summed E-state index contributed by atoms with van der Waals surface area (Å²) < 4.78 is 13.5. The van der Waals surface area contributed by atoms with Crippen LogP contribution in [0.1, 0.15) is 58.8 Å². The normalized spacial score (nSPS) is 45.2. The molecule has 4 nitrogen and oxygen atoms in total. The second-order valence-corrected chi connectivity index (χ2v) is 9.99. The highest BCUT2D eigenvalue weighted by molar-refractivity contribution is 4.93. The minimum absolute atomic E-state index is 0.537. The molecule has 5 atom stereocenters. The van der Waals surface area contributed by atoms with E-state index in [-0.39, 0.29) is 0 Å². The molecule has 2 aliphatic carbocycles. The van der Waals surface area contributed by atoms with Crippen molar-refractivity contribution in [3.63, 3.8) is 0 Å². The van der Waals surface area contributed by atoms with E-state index in [2.05, 4.69) is 34.5 Å². The van der Waals surface area contributed by atoms with E-state index in [0.29, 0.717) is 17.9 Å². The van der Waals surface area contributed by atoms with E-state index in [4.69, 9.17) is 0 Å². The summed E-state index contributed by atoms with van der Waals surface area (Å²) in [4.78, 5) is 5.49. The average molecular weight is 381 g/mol. The van der Waals surface area contributed by atoms with E-state index in [0.717, 1.165) is 50.1 Å². The molecular formula is C22H41FN4. The van der Waals surface area contributed by atoms with Gasteiger partial charge in [0, 0.05) is 57.3 Å². The second-order valence-electron chi connectivity index (χ2n) is 9.99. The van der Waals surface area contributed by atoms with Gasteiger partial charge >= 0.3 is 0 Å². The van der Waals surface area contributed by atoms with Crippen LogP contribution in [-0.4, -0.2) is 67.3 Å². The van der Waals surface area contributed by atoms with E-state index < -0.39 is 6.17 Å². The van der Waals surface area contributed by atoms with Gasteiger partial charge in [-0.3, -0.25) is 15.8 Å². The molecule has 0 spiro atoms. The Morgan fingerprint density at radius 2 is 1.67 bits per heavy atom. The molecule has 0 radical (unpaired) electrons. The lowest BCUT2D eigenvalue weighted by Gasteiger charge is -2.46. The number of rotatable bonds is 4. The summed E-state index contributed by atoms with van der Waals surface area (Å²) in [5.41, 5.74) is 6.95. The fourth-order valence-electron chi connectivity index (χ4n) is 6.35. The molecule has 2 N–H and O–H groups in total. The number of nitrogens with one attached hydrogen (secondary N) is 2. The van der Waals surface area contributed by atoms with Crippen LogP contribution in [0.2, 0.25) is 0 Å². The van der Waals surface area contributed by atoms with Gasteiger partial charge in [-0.15, -0.1) is 0 Å². The predicted octanol–water partition coefficient (Wildman–Crippen LogP) is 3.05. The van der Waals surface area contributed by atoms with Gasteiger partial charge in [-0.2, -0.15) is 0 Å². The number of hydrazine groups is 1.